The lowest BCUT2D eigenvalue weighted by atomic mass is 9.83. The van der Waals surface area contributed by atoms with Crippen LogP contribution in [0.2, 0.25) is 0 Å². The van der Waals surface area contributed by atoms with Gasteiger partial charge in [0.05, 0.1) is 5.71 Å². The highest BCUT2D eigenvalue weighted by Crippen LogP contribution is 2.32. The first-order chi connectivity index (χ1) is 14.1. The van der Waals surface area contributed by atoms with Gasteiger partial charge in [-0.3, -0.25) is 4.98 Å². The summed E-state index contributed by atoms with van der Waals surface area (Å²) in [5, 5.41) is 22.4. The summed E-state index contributed by atoms with van der Waals surface area (Å²) in [5.74, 6) is 5.67. The molecule has 1 heterocycles. The second-order valence-electron chi connectivity index (χ2n) is 6.93. The van der Waals surface area contributed by atoms with Gasteiger partial charge >= 0.3 is 0 Å². The molecular formula is C25H24N2O2. The molecule has 0 bridgehead atoms. The van der Waals surface area contributed by atoms with Crippen molar-refractivity contribution in [1.29, 1.82) is 0 Å². The maximum atomic E-state index is 9.77. The molecule has 4 nitrogen and oxygen atoms in total. The first-order valence-corrected chi connectivity index (χ1v) is 9.51. The van der Waals surface area contributed by atoms with Crippen molar-refractivity contribution >= 4 is 5.71 Å². The highest BCUT2D eigenvalue weighted by molar-refractivity contribution is 6.01. The number of pyridine rings is 1. The van der Waals surface area contributed by atoms with E-state index < -0.39 is 0 Å². The second-order valence-corrected chi connectivity index (χ2v) is 6.93. The molecule has 3 rings (SSSR count). The van der Waals surface area contributed by atoms with Crippen LogP contribution < -0.4 is 0 Å². The van der Waals surface area contributed by atoms with Crippen molar-refractivity contribution in [2.45, 2.75) is 26.2 Å². The molecule has 1 unspecified atom stereocenters. The number of hydrogen-bond donors (Lipinski definition) is 2. The predicted octanol–water partition coefficient (Wildman–Crippen LogP) is 4.44. The second kappa shape index (κ2) is 9.68. The minimum Gasteiger partial charge on any atom is -0.411 e. The lowest BCUT2D eigenvalue weighted by molar-refractivity contribution is 0.317. The number of rotatable bonds is 5. The first-order valence-electron chi connectivity index (χ1n) is 9.51. The van der Waals surface area contributed by atoms with Crippen LogP contribution in [0.4, 0.5) is 0 Å². The van der Waals surface area contributed by atoms with Crippen molar-refractivity contribution in [1.82, 2.24) is 4.98 Å². The Bertz CT molecular complexity index is 1080. The fourth-order valence-corrected chi connectivity index (χ4v) is 3.49. The van der Waals surface area contributed by atoms with Gasteiger partial charge in [0.1, 0.15) is 6.61 Å². The fraction of sp³-hybridized carbons (Fsp3) is 0.200. The van der Waals surface area contributed by atoms with Crippen molar-refractivity contribution in [2.24, 2.45) is 5.16 Å². The topological polar surface area (TPSA) is 65.7 Å². The molecule has 0 aliphatic carbocycles. The Hall–Kier alpha value is -3.42. The smallest absolute Gasteiger partial charge is 0.104 e. The van der Waals surface area contributed by atoms with Crippen molar-refractivity contribution < 1.29 is 10.3 Å². The van der Waals surface area contributed by atoms with Gasteiger partial charge < -0.3 is 10.3 Å². The van der Waals surface area contributed by atoms with Crippen LogP contribution in [0.3, 0.4) is 0 Å². The number of aryl methyl sites for hydroxylation is 2. The lowest BCUT2D eigenvalue weighted by Crippen LogP contribution is -2.12. The molecule has 0 fully saturated rings. The van der Waals surface area contributed by atoms with E-state index in [0.29, 0.717) is 12.1 Å². The third kappa shape index (κ3) is 5.10. The van der Waals surface area contributed by atoms with E-state index in [4.69, 9.17) is 5.11 Å². The molecule has 0 saturated carbocycles. The van der Waals surface area contributed by atoms with Crippen molar-refractivity contribution in [2.75, 3.05) is 6.61 Å². The number of aliphatic hydroxyl groups excluding tert-OH is 1. The van der Waals surface area contributed by atoms with E-state index in [1.54, 1.807) is 6.20 Å². The van der Waals surface area contributed by atoms with E-state index in [9.17, 15) is 5.21 Å². The molecule has 4 heteroatoms. The fourth-order valence-electron chi connectivity index (χ4n) is 3.49. The van der Waals surface area contributed by atoms with Gasteiger partial charge in [0.2, 0.25) is 0 Å². The van der Waals surface area contributed by atoms with Gasteiger partial charge in [-0.2, -0.15) is 0 Å². The van der Waals surface area contributed by atoms with Gasteiger partial charge in [-0.15, -0.1) is 0 Å². The average Bonchev–Trinajstić information content (AvgIpc) is 2.74. The monoisotopic (exact) mass is 384 g/mol. The van der Waals surface area contributed by atoms with Crippen LogP contribution in [0, 0.1) is 25.7 Å². The standard InChI is InChI=1S/C25H24N2O2/c1-18-7-3-4-11-23(18)24(21-10-5-8-20(16-21)9-6-14-28)17-25(27-29)22-12-13-26-19(2)15-22/h3-5,7-8,10-13,15-16,24,28-29H,14,17H2,1-2H3/b27-25+. The third-order valence-electron chi connectivity index (χ3n) is 4.91. The zero-order valence-corrected chi connectivity index (χ0v) is 16.6. The summed E-state index contributed by atoms with van der Waals surface area (Å²) in [6.07, 6.45) is 2.26. The molecule has 146 valence electrons. The molecule has 1 atom stereocenters. The SMILES string of the molecule is Cc1cc(/C(CC(c2cccc(C#CCO)c2)c2ccccc2C)=N/O)ccn1. The molecule has 0 saturated heterocycles. The van der Waals surface area contributed by atoms with Gasteiger partial charge in [0.25, 0.3) is 0 Å². The maximum Gasteiger partial charge on any atom is 0.104 e. The van der Waals surface area contributed by atoms with Gasteiger partial charge in [-0.1, -0.05) is 53.4 Å². The van der Waals surface area contributed by atoms with E-state index in [1.165, 1.54) is 11.1 Å². The lowest BCUT2D eigenvalue weighted by Gasteiger charge is -2.21. The van der Waals surface area contributed by atoms with E-state index in [-0.39, 0.29) is 12.5 Å². The first kappa shape index (κ1) is 20.3. The van der Waals surface area contributed by atoms with E-state index >= 15 is 0 Å². The number of aliphatic hydroxyl groups is 1. The molecule has 1 aromatic heterocycles. The van der Waals surface area contributed by atoms with Crippen LogP contribution in [0.5, 0.6) is 0 Å². The average molecular weight is 384 g/mol. The number of nitrogens with zero attached hydrogens (tertiary/aromatic N) is 2. The van der Waals surface area contributed by atoms with Crippen LogP contribution in [0.1, 0.15) is 45.8 Å². The maximum absolute atomic E-state index is 9.77. The van der Waals surface area contributed by atoms with Crippen LogP contribution in [0.15, 0.2) is 72.0 Å². The number of benzene rings is 2. The molecule has 2 N–H and O–H groups in total. The minimum atomic E-state index is -0.172. The van der Waals surface area contributed by atoms with Crippen LogP contribution >= 0.6 is 0 Å². The summed E-state index contributed by atoms with van der Waals surface area (Å²) < 4.78 is 0. The highest BCUT2D eigenvalue weighted by atomic mass is 16.4. The molecule has 0 aliphatic heterocycles. The largest absolute Gasteiger partial charge is 0.411 e. The van der Waals surface area contributed by atoms with E-state index in [2.05, 4.69) is 47.1 Å². The van der Waals surface area contributed by atoms with Crippen LogP contribution in [-0.2, 0) is 0 Å². The number of aromatic nitrogens is 1. The molecule has 0 aliphatic rings. The normalized spacial score (nSPS) is 12.2. The molecule has 0 amide bonds. The van der Waals surface area contributed by atoms with Gasteiger partial charge in [-0.05, 0) is 54.8 Å². The zero-order valence-electron chi connectivity index (χ0n) is 16.6. The third-order valence-corrected chi connectivity index (χ3v) is 4.91. The Morgan fingerprint density at radius 2 is 1.90 bits per heavy atom. The van der Waals surface area contributed by atoms with Crippen molar-refractivity contribution in [3.8, 4) is 11.8 Å². The molecule has 29 heavy (non-hydrogen) atoms. The zero-order chi connectivity index (χ0) is 20.6. The molecule has 0 spiro atoms. The Balaban J connectivity index is 2.06. The summed E-state index contributed by atoms with van der Waals surface area (Å²) in [4.78, 5) is 4.23. The molecule has 3 aromatic rings. The molecular weight excluding hydrogens is 360 g/mol. The van der Waals surface area contributed by atoms with Gasteiger partial charge in [-0.25, -0.2) is 0 Å². The highest BCUT2D eigenvalue weighted by Gasteiger charge is 2.20. The quantitative estimate of drug-likeness (QED) is 0.296. The molecule has 0 radical (unpaired) electrons. The van der Waals surface area contributed by atoms with E-state index in [1.807, 2.05) is 49.4 Å². The summed E-state index contributed by atoms with van der Waals surface area (Å²) >= 11 is 0. The number of oxime groups is 1. The Morgan fingerprint density at radius 1 is 1.07 bits per heavy atom. The van der Waals surface area contributed by atoms with Gasteiger partial charge in [0, 0.05) is 35.4 Å². The number of hydrogen-bond acceptors (Lipinski definition) is 4. The Morgan fingerprint density at radius 3 is 2.62 bits per heavy atom. The summed E-state index contributed by atoms with van der Waals surface area (Å²) in [7, 11) is 0. The van der Waals surface area contributed by atoms with Gasteiger partial charge in [0.15, 0.2) is 0 Å². The van der Waals surface area contributed by atoms with Crippen molar-refractivity contribution in [3.05, 3.63) is 100 Å². The molecule has 2 aromatic carbocycles. The Kier molecular flexibility index (Phi) is 6.78. The summed E-state index contributed by atoms with van der Waals surface area (Å²) in [6, 6.07) is 20.0. The van der Waals surface area contributed by atoms with Crippen molar-refractivity contribution in [3.63, 3.8) is 0 Å². The Labute approximate surface area is 171 Å². The summed E-state index contributed by atoms with van der Waals surface area (Å²) in [5.41, 5.74) is 6.61. The van der Waals surface area contributed by atoms with E-state index in [0.717, 1.165) is 22.4 Å². The van der Waals surface area contributed by atoms with Crippen LogP contribution in [0.25, 0.3) is 0 Å². The predicted molar refractivity (Wildman–Crippen MR) is 115 cm³/mol. The minimum absolute atomic E-state index is 0.00792. The van der Waals surface area contributed by atoms with Crippen LogP contribution in [-0.4, -0.2) is 27.6 Å². The summed E-state index contributed by atoms with van der Waals surface area (Å²) in [6.45, 7) is 3.83.